The van der Waals surface area contributed by atoms with Gasteiger partial charge in [-0.2, -0.15) is 0 Å². The van der Waals surface area contributed by atoms with E-state index in [4.69, 9.17) is 14.5 Å². The third kappa shape index (κ3) is 6.60. The fourth-order valence-electron chi connectivity index (χ4n) is 4.04. The van der Waals surface area contributed by atoms with E-state index in [9.17, 15) is 4.79 Å². The van der Waals surface area contributed by atoms with Gasteiger partial charge in [0.25, 0.3) is 0 Å². The third-order valence-electron chi connectivity index (χ3n) is 6.08. The highest BCUT2D eigenvalue weighted by atomic mass is 32.2. The number of ether oxygens (including phenoxy) is 2. The molecule has 1 fully saturated rings. The number of imidazole rings is 1. The van der Waals surface area contributed by atoms with Crippen LogP contribution in [0.15, 0.2) is 53.7 Å². The van der Waals surface area contributed by atoms with Gasteiger partial charge in [0, 0.05) is 35.9 Å². The number of nitrogens with one attached hydrogen (secondary N) is 1. The summed E-state index contributed by atoms with van der Waals surface area (Å²) in [5, 5.41) is 4.09. The number of aromatic nitrogens is 2. The van der Waals surface area contributed by atoms with Crippen molar-refractivity contribution < 1.29 is 14.3 Å². The van der Waals surface area contributed by atoms with Gasteiger partial charge in [-0.1, -0.05) is 18.7 Å². The molecule has 0 bridgehead atoms. The molecule has 6 nitrogen and oxygen atoms in total. The Bertz CT molecular complexity index is 1110. The number of benzene rings is 2. The number of carbonyl (C=O) groups excluding carboxylic acids is 1. The summed E-state index contributed by atoms with van der Waals surface area (Å²) in [6, 6.07) is 16.7. The summed E-state index contributed by atoms with van der Waals surface area (Å²) in [7, 11) is 3.36. The van der Waals surface area contributed by atoms with Gasteiger partial charge in [0.15, 0.2) is 5.16 Å². The van der Waals surface area contributed by atoms with Crippen LogP contribution in [-0.4, -0.2) is 41.5 Å². The maximum Gasteiger partial charge on any atom is 0.220 e. The Kier molecular flexibility index (Phi) is 8.74. The van der Waals surface area contributed by atoms with Gasteiger partial charge in [-0.3, -0.25) is 4.79 Å². The fourth-order valence-corrected chi connectivity index (χ4v) is 5.07. The average molecular weight is 494 g/mol. The standard InChI is InChI=1S/C28H35N3O3S/c1-4-18-31-27(21-10-16-24(34-3)17-11-21)26(20-8-14-23(33-2)15-9-20)30-28(31)35-19-6-5-7-25(32)29-22-12-13-22/h8-11,14-17,22H,4-7,12-13,18-19H2,1-3H3,(H,29,32). The first-order chi connectivity index (χ1) is 17.1. The molecule has 1 aliphatic rings. The smallest absolute Gasteiger partial charge is 0.220 e. The number of hydrogen-bond acceptors (Lipinski definition) is 5. The molecule has 3 aromatic rings. The number of unbranched alkanes of at least 4 members (excludes halogenated alkanes) is 1. The number of thioether (sulfide) groups is 1. The molecule has 0 spiro atoms. The van der Waals surface area contributed by atoms with Gasteiger partial charge in [0.2, 0.25) is 5.91 Å². The topological polar surface area (TPSA) is 65.4 Å². The Morgan fingerprint density at radius 2 is 1.63 bits per heavy atom. The van der Waals surface area contributed by atoms with E-state index in [1.165, 1.54) is 0 Å². The first kappa shape index (κ1) is 25.2. The summed E-state index contributed by atoms with van der Waals surface area (Å²) in [6.45, 7) is 3.08. The molecular weight excluding hydrogens is 458 g/mol. The molecule has 1 N–H and O–H groups in total. The molecule has 1 amide bonds. The van der Waals surface area contributed by atoms with Crippen LogP contribution < -0.4 is 14.8 Å². The molecule has 2 aromatic carbocycles. The van der Waals surface area contributed by atoms with Crippen molar-refractivity contribution in [3.8, 4) is 34.0 Å². The summed E-state index contributed by atoms with van der Waals surface area (Å²) in [5.74, 6) is 2.78. The lowest BCUT2D eigenvalue weighted by Crippen LogP contribution is -2.24. The lowest BCUT2D eigenvalue weighted by Gasteiger charge is -2.13. The molecule has 1 aromatic heterocycles. The molecule has 1 saturated carbocycles. The van der Waals surface area contributed by atoms with Crippen LogP contribution in [0.4, 0.5) is 0 Å². The molecule has 1 heterocycles. The highest BCUT2D eigenvalue weighted by molar-refractivity contribution is 7.99. The molecule has 0 unspecified atom stereocenters. The lowest BCUT2D eigenvalue weighted by atomic mass is 10.0. The molecule has 0 saturated heterocycles. The van der Waals surface area contributed by atoms with Crippen molar-refractivity contribution in [1.82, 2.24) is 14.9 Å². The average Bonchev–Trinajstić information content (AvgIpc) is 3.63. The van der Waals surface area contributed by atoms with E-state index in [2.05, 4.69) is 41.1 Å². The van der Waals surface area contributed by atoms with Crippen LogP contribution in [0.5, 0.6) is 11.5 Å². The van der Waals surface area contributed by atoms with E-state index in [1.54, 1.807) is 26.0 Å². The Morgan fingerprint density at radius 3 is 2.20 bits per heavy atom. The van der Waals surface area contributed by atoms with Crippen molar-refractivity contribution in [3.63, 3.8) is 0 Å². The highest BCUT2D eigenvalue weighted by Gasteiger charge is 2.23. The van der Waals surface area contributed by atoms with Crippen LogP contribution in [0.1, 0.15) is 45.4 Å². The molecule has 35 heavy (non-hydrogen) atoms. The number of nitrogens with zero attached hydrogens (tertiary/aromatic N) is 2. The summed E-state index contributed by atoms with van der Waals surface area (Å²) in [6.07, 6.45) is 5.77. The molecule has 1 aliphatic carbocycles. The molecule has 0 radical (unpaired) electrons. The SMILES string of the molecule is CCCn1c(SCCCCC(=O)NC2CC2)nc(-c2ccc(OC)cc2)c1-c1ccc(OC)cc1. The summed E-state index contributed by atoms with van der Waals surface area (Å²) < 4.78 is 13.1. The second-order valence-corrected chi connectivity index (χ2v) is 9.91. The fraction of sp³-hybridized carbons (Fsp3) is 0.429. The summed E-state index contributed by atoms with van der Waals surface area (Å²) in [4.78, 5) is 17.1. The van der Waals surface area contributed by atoms with Crippen LogP contribution in [0.3, 0.4) is 0 Å². The predicted molar refractivity (Wildman–Crippen MR) is 142 cm³/mol. The summed E-state index contributed by atoms with van der Waals surface area (Å²) in [5.41, 5.74) is 4.26. The first-order valence-corrected chi connectivity index (χ1v) is 13.4. The number of rotatable bonds is 13. The minimum absolute atomic E-state index is 0.188. The van der Waals surface area contributed by atoms with E-state index < -0.39 is 0 Å². The quantitative estimate of drug-likeness (QED) is 0.227. The van der Waals surface area contributed by atoms with E-state index in [-0.39, 0.29) is 5.91 Å². The zero-order chi connectivity index (χ0) is 24.6. The summed E-state index contributed by atoms with van der Waals surface area (Å²) >= 11 is 1.78. The second kappa shape index (κ2) is 12.2. The second-order valence-electron chi connectivity index (χ2n) is 8.85. The molecule has 7 heteroatoms. The van der Waals surface area contributed by atoms with Gasteiger partial charge in [-0.15, -0.1) is 0 Å². The van der Waals surface area contributed by atoms with Gasteiger partial charge in [0.1, 0.15) is 11.5 Å². The van der Waals surface area contributed by atoms with Crippen LogP contribution in [0.25, 0.3) is 22.5 Å². The van der Waals surface area contributed by atoms with Crippen molar-refractivity contribution >= 4 is 17.7 Å². The molecule has 0 aliphatic heterocycles. The third-order valence-corrected chi connectivity index (χ3v) is 7.14. The van der Waals surface area contributed by atoms with E-state index in [1.807, 2.05) is 24.3 Å². The first-order valence-electron chi connectivity index (χ1n) is 12.4. The van der Waals surface area contributed by atoms with Crippen molar-refractivity contribution in [3.05, 3.63) is 48.5 Å². The van der Waals surface area contributed by atoms with E-state index >= 15 is 0 Å². The Morgan fingerprint density at radius 1 is 1.00 bits per heavy atom. The van der Waals surface area contributed by atoms with Gasteiger partial charge in [-0.25, -0.2) is 4.98 Å². The van der Waals surface area contributed by atoms with Crippen LogP contribution in [-0.2, 0) is 11.3 Å². The largest absolute Gasteiger partial charge is 0.497 e. The van der Waals surface area contributed by atoms with E-state index in [0.29, 0.717) is 12.5 Å². The number of hydrogen-bond donors (Lipinski definition) is 1. The molecular formula is C28H35N3O3S. The predicted octanol–water partition coefficient (Wildman–Crippen LogP) is 6.19. The number of methoxy groups -OCH3 is 2. The molecule has 186 valence electrons. The van der Waals surface area contributed by atoms with Gasteiger partial charge >= 0.3 is 0 Å². The van der Waals surface area contributed by atoms with Crippen molar-refractivity contribution in [2.24, 2.45) is 0 Å². The van der Waals surface area contributed by atoms with Gasteiger partial charge < -0.3 is 19.4 Å². The zero-order valence-electron chi connectivity index (χ0n) is 20.9. The van der Waals surface area contributed by atoms with Crippen molar-refractivity contribution in [1.29, 1.82) is 0 Å². The van der Waals surface area contributed by atoms with Gasteiger partial charge in [-0.05, 0) is 80.6 Å². The number of carbonyl (C=O) groups is 1. The van der Waals surface area contributed by atoms with Gasteiger partial charge in [0.05, 0.1) is 25.6 Å². The maximum atomic E-state index is 12.0. The van der Waals surface area contributed by atoms with Crippen LogP contribution >= 0.6 is 11.8 Å². The van der Waals surface area contributed by atoms with E-state index in [0.717, 1.165) is 83.6 Å². The zero-order valence-corrected chi connectivity index (χ0v) is 21.7. The monoisotopic (exact) mass is 493 g/mol. The number of amides is 1. The van der Waals surface area contributed by atoms with Crippen LogP contribution in [0, 0.1) is 0 Å². The highest BCUT2D eigenvalue weighted by Crippen LogP contribution is 2.37. The van der Waals surface area contributed by atoms with Crippen molar-refractivity contribution in [2.45, 2.75) is 63.2 Å². The normalized spacial score (nSPS) is 13.0. The lowest BCUT2D eigenvalue weighted by molar-refractivity contribution is -0.121. The minimum Gasteiger partial charge on any atom is -0.497 e. The maximum absolute atomic E-state index is 12.0. The van der Waals surface area contributed by atoms with Crippen LogP contribution in [0.2, 0.25) is 0 Å². The Hall–Kier alpha value is -2.93. The van der Waals surface area contributed by atoms with Crippen molar-refractivity contribution in [2.75, 3.05) is 20.0 Å². The minimum atomic E-state index is 0.188. The Labute approximate surface area is 212 Å². The Balaban J connectivity index is 1.57. The molecule has 0 atom stereocenters. The molecule has 4 rings (SSSR count).